The van der Waals surface area contributed by atoms with E-state index in [0.29, 0.717) is 5.54 Å². The van der Waals surface area contributed by atoms with Crippen LogP contribution in [0.3, 0.4) is 0 Å². The molecular formula is C16H34N2. The fourth-order valence-electron chi connectivity index (χ4n) is 3.06. The minimum absolute atomic E-state index is 0.363. The highest BCUT2D eigenvalue weighted by atomic mass is 15.3. The fraction of sp³-hybridized carbons (Fsp3) is 1.00. The number of nitrogens with zero attached hydrogens (tertiary/aromatic N) is 1. The summed E-state index contributed by atoms with van der Waals surface area (Å²) in [6.07, 6.45) is 3.81. The number of hydrogen-bond acceptors (Lipinski definition) is 2. The Balaban J connectivity index is 2.69. The number of nitrogens with one attached hydrogen (secondary N) is 1. The van der Waals surface area contributed by atoms with Gasteiger partial charge in [-0.05, 0) is 37.6 Å². The van der Waals surface area contributed by atoms with E-state index in [9.17, 15) is 0 Å². The molecule has 1 atom stereocenters. The van der Waals surface area contributed by atoms with Crippen LogP contribution in [0.25, 0.3) is 0 Å². The third kappa shape index (κ3) is 3.96. The summed E-state index contributed by atoms with van der Waals surface area (Å²) in [4.78, 5) is 2.76. The Kier molecular flexibility index (Phi) is 6.13. The molecule has 2 nitrogen and oxygen atoms in total. The van der Waals surface area contributed by atoms with Crippen molar-refractivity contribution in [2.24, 2.45) is 11.8 Å². The van der Waals surface area contributed by atoms with Crippen LogP contribution in [-0.4, -0.2) is 36.1 Å². The zero-order chi connectivity index (χ0) is 13.8. The lowest BCUT2D eigenvalue weighted by atomic mass is 9.86. The summed E-state index contributed by atoms with van der Waals surface area (Å²) in [6, 6.07) is 0.718. The molecule has 1 aliphatic heterocycles. The van der Waals surface area contributed by atoms with Gasteiger partial charge in [0.25, 0.3) is 0 Å². The number of hydrogen-bond donors (Lipinski definition) is 1. The molecule has 108 valence electrons. The monoisotopic (exact) mass is 254 g/mol. The average molecular weight is 254 g/mol. The predicted octanol–water partition coefficient (Wildman–Crippen LogP) is 3.52. The minimum Gasteiger partial charge on any atom is -0.308 e. The molecule has 0 radical (unpaired) electrons. The first-order valence-corrected chi connectivity index (χ1v) is 7.93. The summed E-state index contributed by atoms with van der Waals surface area (Å²) in [5.74, 6) is 1.56. The second-order valence-corrected chi connectivity index (χ2v) is 6.83. The zero-order valence-corrected chi connectivity index (χ0v) is 13.4. The normalized spacial score (nSPS) is 25.0. The van der Waals surface area contributed by atoms with Crippen LogP contribution in [0, 0.1) is 11.8 Å². The summed E-state index contributed by atoms with van der Waals surface area (Å²) in [7, 11) is 0. The van der Waals surface area contributed by atoms with E-state index in [4.69, 9.17) is 0 Å². The van der Waals surface area contributed by atoms with Crippen LogP contribution in [0.1, 0.15) is 60.8 Å². The summed E-state index contributed by atoms with van der Waals surface area (Å²) in [5, 5.41) is 3.84. The van der Waals surface area contributed by atoms with Gasteiger partial charge in [0.05, 0.1) is 0 Å². The minimum atomic E-state index is 0.363. The molecule has 1 heterocycles. The highest BCUT2D eigenvalue weighted by Gasteiger charge is 2.37. The van der Waals surface area contributed by atoms with Gasteiger partial charge >= 0.3 is 0 Å². The largest absolute Gasteiger partial charge is 0.308 e. The maximum atomic E-state index is 3.84. The van der Waals surface area contributed by atoms with Gasteiger partial charge in [-0.25, -0.2) is 0 Å². The molecule has 1 unspecified atom stereocenters. The lowest BCUT2D eigenvalue weighted by Gasteiger charge is -2.49. The maximum Gasteiger partial charge on any atom is 0.0304 e. The standard InChI is InChI=1S/C16H34N2/c1-7-16(8-2)12-18(10-9-13(3)4)15(11-17-16)14(5)6/h13-15,17H,7-12H2,1-6H3. The molecule has 0 bridgehead atoms. The van der Waals surface area contributed by atoms with Gasteiger partial charge in [0, 0.05) is 24.7 Å². The first-order chi connectivity index (χ1) is 8.44. The molecule has 1 aliphatic rings. The van der Waals surface area contributed by atoms with Crippen molar-refractivity contribution >= 4 is 0 Å². The van der Waals surface area contributed by atoms with E-state index in [0.717, 1.165) is 24.4 Å². The van der Waals surface area contributed by atoms with Crippen LogP contribution in [-0.2, 0) is 0 Å². The van der Waals surface area contributed by atoms with Crippen molar-refractivity contribution in [2.75, 3.05) is 19.6 Å². The molecule has 0 aliphatic carbocycles. The summed E-state index contributed by atoms with van der Waals surface area (Å²) in [5.41, 5.74) is 0.363. The lowest BCUT2D eigenvalue weighted by Crippen LogP contribution is -2.65. The summed E-state index contributed by atoms with van der Waals surface area (Å²) in [6.45, 7) is 17.7. The fourth-order valence-corrected chi connectivity index (χ4v) is 3.06. The highest BCUT2D eigenvalue weighted by Crippen LogP contribution is 2.26. The lowest BCUT2D eigenvalue weighted by molar-refractivity contribution is 0.0471. The Morgan fingerprint density at radius 2 is 1.78 bits per heavy atom. The van der Waals surface area contributed by atoms with Gasteiger partial charge in [-0.3, -0.25) is 4.90 Å². The first-order valence-electron chi connectivity index (χ1n) is 7.93. The van der Waals surface area contributed by atoms with E-state index >= 15 is 0 Å². The Bertz CT molecular complexity index is 231. The Labute approximate surface area is 115 Å². The zero-order valence-electron chi connectivity index (χ0n) is 13.4. The Hall–Kier alpha value is -0.0800. The van der Waals surface area contributed by atoms with Crippen LogP contribution < -0.4 is 5.32 Å². The van der Waals surface area contributed by atoms with Crippen molar-refractivity contribution in [3.63, 3.8) is 0 Å². The third-order valence-electron chi connectivity index (χ3n) is 4.78. The molecule has 1 fully saturated rings. The van der Waals surface area contributed by atoms with Crippen molar-refractivity contribution in [1.29, 1.82) is 0 Å². The van der Waals surface area contributed by atoms with Crippen LogP contribution in [0.15, 0.2) is 0 Å². The van der Waals surface area contributed by atoms with E-state index in [2.05, 4.69) is 51.8 Å². The van der Waals surface area contributed by atoms with Gasteiger partial charge in [-0.1, -0.05) is 41.5 Å². The van der Waals surface area contributed by atoms with Gasteiger partial charge in [0.2, 0.25) is 0 Å². The van der Waals surface area contributed by atoms with Crippen molar-refractivity contribution < 1.29 is 0 Å². The number of piperazine rings is 1. The van der Waals surface area contributed by atoms with E-state index in [-0.39, 0.29) is 0 Å². The van der Waals surface area contributed by atoms with Gasteiger partial charge < -0.3 is 5.32 Å². The molecule has 1 N–H and O–H groups in total. The van der Waals surface area contributed by atoms with Gasteiger partial charge in [-0.2, -0.15) is 0 Å². The molecule has 0 saturated carbocycles. The molecule has 2 heteroatoms. The van der Waals surface area contributed by atoms with Gasteiger partial charge in [0.1, 0.15) is 0 Å². The van der Waals surface area contributed by atoms with Crippen LogP contribution in [0.2, 0.25) is 0 Å². The van der Waals surface area contributed by atoms with E-state index in [1.165, 1.54) is 32.4 Å². The van der Waals surface area contributed by atoms with Crippen molar-refractivity contribution in [3.05, 3.63) is 0 Å². The third-order valence-corrected chi connectivity index (χ3v) is 4.78. The average Bonchev–Trinajstić information content (AvgIpc) is 2.35. The smallest absolute Gasteiger partial charge is 0.0304 e. The highest BCUT2D eigenvalue weighted by molar-refractivity contribution is 4.97. The van der Waals surface area contributed by atoms with Crippen LogP contribution in [0.4, 0.5) is 0 Å². The summed E-state index contributed by atoms with van der Waals surface area (Å²) >= 11 is 0. The van der Waals surface area contributed by atoms with Crippen molar-refractivity contribution in [1.82, 2.24) is 10.2 Å². The van der Waals surface area contributed by atoms with E-state index < -0.39 is 0 Å². The Morgan fingerprint density at radius 1 is 1.17 bits per heavy atom. The SMILES string of the molecule is CCC1(CC)CN(CCC(C)C)C(C(C)C)CN1. The van der Waals surface area contributed by atoms with Crippen molar-refractivity contribution in [3.8, 4) is 0 Å². The molecular weight excluding hydrogens is 220 g/mol. The summed E-state index contributed by atoms with van der Waals surface area (Å²) < 4.78 is 0. The molecule has 0 amide bonds. The maximum absolute atomic E-state index is 3.84. The van der Waals surface area contributed by atoms with E-state index in [1.54, 1.807) is 0 Å². The Morgan fingerprint density at radius 3 is 2.22 bits per heavy atom. The second kappa shape index (κ2) is 6.91. The molecule has 0 aromatic rings. The number of rotatable bonds is 6. The molecule has 0 aromatic heterocycles. The van der Waals surface area contributed by atoms with Crippen LogP contribution in [0.5, 0.6) is 0 Å². The molecule has 0 spiro atoms. The second-order valence-electron chi connectivity index (χ2n) is 6.83. The van der Waals surface area contributed by atoms with Crippen molar-refractivity contribution in [2.45, 2.75) is 72.4 Å². The molecule has 18 heavy (non-hydrogen) atoms. The predicted molar refractivity (Wildman–Crippen MR) is 81.0 cm³/mol. The molecule has 0 aromatic carbocycles. The van der Waals surface area contributed by atoms with E-state index in [1.807, 2.05) is 0 Å². The van der Waals surface area contributed by atoms with Gasteiger partial charge in [0.15, 0.2) is 0 Å². The molecule has 1 saturated heterocycles. The topological polar surface area (TPSA) is 15.3 Å². The van der Waals surface area contributed by atoms with Crippen LogP contribution >= 0.6 is 0 Å². The quantitative estimate of drug-likeness (QED) is 0.780. The molecule has 1 rings (SSSR count). The first kappa shape index (κ1) is 16.0. The van der Waals surface area contributed by atoms with Gasteiger partial charge in [-0.15, -0.1) is 0 Å².